The van der Waals surface area contributed by atoms with Gasteiger partial charge < -0.3 is 9.42 Å². The summed E-state index contributed by atoms with van der Waals surface area (Å²) in [6.45, 7) is 8.02. The van der Waals surface area contributed by atoms with Gasteiger partial charge in [-0.15, -0.1) is 24.2 Å². The van der Waals surface area contributed by atoms with E-state index in [-0.39, 0.29) is 18.3 Å². The molecule has 7 heteroatoms. The van der Waals surface area contributed by atoms with Crippen LogP contribution in [0, 0.1) is 13.8 Å². The van der Waals surface area contributed by atoms with Crippen LogP contribution in [-0.2, 0) is 6.54 Å². The molecular formula is C18H24ClN3O2S. The van der Waals surface area contributed by atoms with E-state index >= 15 is 0 Å². The van der Waals surface area contributed by atoms with Crippen molar-refractivity contribution in [2.24, 2.45) is 0 Å². The Bertz CT molecular complexity index is 707. The molecule has 5 nitrogen and oxygen atoms in total. The van der Waals surface area contributed by atoms with E-state index in [0.717, 1.165) is 54.6 Å². The number of thioether (sulfide) groups is 1. The van der Waals surface area contributed by atoms with Gasteiger partial charge in [-0.3, -0.25) is 9.69 Å². The summed E-state index contributed by atoms with van der Waals surface area (Å²) in [5.74, 6) is 1.02. The van der Waals surface area contributed by atoms with Gasteiger partial charge in [-0.1, -0.05) is 17.3 Å². The van der Waals surface area contributed by atoms with Crippen LogP contribution in [0.15, 0.2) is 33.7 Å². The van der Waals surface area contributed by atoms with Gasteiger partial charge in [0.1, 0.15) is 5.76 Å². The van der Waals surface area contributed by atoms with Crippen LogP contribution < -0.4 is 0 Å². The van der Waals surface area contributed by atoms with Gasteiger partial charge in [-0.25, -0.2) is 0 Å². The normalized spacial score (nSPS) is 15.1. The lowest BCUT2D eigenvalue weighted by atomic mass is 10.1. The van der Waals surface area contributed by atoms with Gasteiger partial charge in [0.05, 0.1) is 11.3 Å². The Labute approximate surface area is 159 Å². The largest absolute Gasteiger partial charge is 0.361 e. The third-order valence-corrected chi connectivity index (χ3v) is 5.36. The Morgan fingerprint density at radius 2 is 1.88 bits per heavy atom. The van der Waals surface area contributed by atoms with Crippen LogP contribution in [0.1, 0.15) is 27.4 Å². The zero-order chi connectivity index (χ0) is 17.1. The summed E-state index contributed by atoms with van der Waals surface area (Å²) in [4.78, 5) is 18.1. The van der Waals surface area contributed by atoms with Gasteiger partial charge in [-0.05, 0) is 32.2 Å². The Morgan fingerprint density at radius 1 is 1.20 bits per heavy atom. The van der Waals surface area contributed by atoms with Crippen molar-refractivity contribution in [2.45, 2.75) is 25.3 Å². The van der Waals surface area contributed by atoms with E-state index in [9.17, 15) is 4.79 Å². The third kappa shape index (κ3) is 4.37. The van der Waals surface area contributed by atoms with E-state index < -0.39 is 0 Å². The fraction of sp³-hybridized carbons (Fsp3) is 0.444. The highest BCUT2D eigenvalue weighted by Gasteiger charge is 2.24. The van der Waals surface area contributed by atoms with Gasteiger partial charge >= 0.3 is 0 Å². The molecule has 0 bridgehead atoms. The maximum Gasteiger partial charge on any atom is 0.255 e. The summed E-state index contributed by atoms with van der Waals surface area (Å²) in [6.07, 6.45) is 2.01. The molecule has 25 heavy (non-hydrogen) atoms. The van der Waals surface area contributed by atoms with Crippen LogP contribution in [0.3, 0.4) is 0 Å². The van der Waals surface area contributed by atoms with Crippen LogP contribution in [0.4, 0.5) is 0 Å². The monoisotopic (exact) mass is 381 g/mol. The number of aryl methyl sites for hydroxylation is 2. The maximum absolute atomic E-state index is 12.8. The highest BCUT2D eigenvalue weighted by Crippen LogP contribution is 2.22. The second-order valence-electron chi connectivity index (χ2n) is 6.07. The fourth-order valence-corrected chi connectivity index (χ4v) is 3.64. The van der Waals surface area contributed by atoms with Crippen LogP contribution in [0.5, 0.6) is 0 Å². The van der Waals surface area contributed by atoms with Crippen LogP contribution >= 0.6 is 24.2 Å². The van der Waals surface area contributed by atoms with Crippen molar-refractivity contribution in [2.75, 3.05) is 32.4 Å². The topological polar surface area (TPSA) is 49.6 Å². The molecule has 136 valence electrons. The summed E-state index contributed by atoms with van der Waals surface area (Å²) in [7, 11) is 0. The zero-order valence-electron chi connectivity index (χ0n) is 14.8. The first-order valence-corrected chi connectivity index (χ1v) is 9.39. The molecule has 0 unspecified atom stereocenters. The first-order valence-electron chi connectivity index (χ1n) is 8.16. The molecule has 1 amide bonds. The van der Waals surface area contributed by atoms with Gasteiger partial charge in [0.25, 0.3) is 5.91 Å². The van der Waals surface area contributed by atoms with Crippen molar-refractivity contribution >= 4 is 30.1 Å². The molecule has 0 atom stereocenters. The van der Waals surface area contributed by atoms with E-state index in [1.54, 1.807) is 11.8 Å². The minimum atomic E-state index is 0. The minimum Gasteiger partial charge on any atom is -0.361 e. The van der Waals surface area contributed by atoms with Gasteiger partial charge in [0.2, 0.25) is 0 Å². The maximum atomic E-state index is 12.8. The highest BCUT2D eigenvalue weighted by atomic mass is 35.5. The lowest BCUT2D eigenvalue weighted by Crippen LogP contribution is -2.48. The number of hydrogen-bond acceptors (Lipinski definition) is 5. The summed E-state index contributed by atoms with van der Waals surface area (Å²) in [5.41, 5.74) is 2.94. The first kappa shape index (κ1) is 19.8. The number of nitrogens with zero attached hydrogens (tertiary/aromatic N) is 3. The molecular weight excluding hydrogens is 358 g/mol. The molecule has 0 aliphatic carbocycles. The molecule has 0 saturated carbocycles. The molecule has 0 radical (unpaired) electrons. The van der Waals surface area contributed by atoms with Crippen LogP contribution in [0.25, 0.3) is 0 Å². The Morgan fingerprint density at radius 3 is 2.48 bits per heavy atom. The number of halogens is 1. The number of hydrogen-bond donors (Lipinski definition) is 0. The standard InChI is InChI=1S/C18H23N3O2S.ClH/c1-13-16(14(2)23-19-13)12-20-8-10-21(11-9-20)18(22)15-6-4-5-7-17(15)24-3;/h4-7H,8-12H2,1-3H3;1H. The van der Waals surface area contributed by atoms with E-state index in [1.165, 1.54) is 5.56 Å². The Balaban J connectivity index is 0.00000225. The summed E-state index contributed by atoms with van der Waals surface area (Å²) in [6, 6.07) is 7.83. The van der Waals surface area contributed by atoms with E-state index in [0.29, 0.717) is 0 Å². The SMILES string of the molecule is CSc1ccccc1C(=O)N1CCN(Cc2c(C)noc2C)CC1.Cl. The molecule has 0 N–H and O–H groups in total. The smallest absolute Gasteiger partial charge is 0.255 e. The second-order valence-corrected chi connectivity index (χ2v) is 6.92. The average Bonchev–Trinajstić information content (AvgIpc) is 2.93. The van der Waals surface area contributed by atoms with Crippen molar-refractivity contribution in [3.8, 4) is 0 Å². The molecule has 1 aliphatic rings. The molecule has 1 aromatic heterocycles. The summed E-state index contributed by atoms with van der Waals surface area (Å²) in [5, 5.41) is 4.02. The summed E-state index contributed by atoms with van der Waals surface area (Å²) < 4.78 is 5.24. The number of carbonyl (C=O) groups excluding carboxylic acids is 1. The van der Waals surface area contributed by atoms with Crippen LogP contribution in [-0.4, -0.2) is 53.3 Å². The molecule has 3 rings (SSSR count). The van der Waals surface area contributed by atoms with Crippen LogP contribution in [0.2, 0.25) is 0 Å². The van der Waals surface area contributed by atoms with E-state index in [2.05, 4.69) is 10.1 Å². The number of amides is 1. The van der Waals surface area contributed by atoms with Gasteiger partial charge in [0, 0.05) is 43.2 Å². The predicted molar refractivity (Wildman–Crippen MR) is 103 cm³/mol. The minimum absolute atomic E-state index is 0. The molecule has 0 spiro atoms. The molecule has 1 aromatic carbocycles. The molecule has 1 saturated heterocycles. The predicted octanol–water partition coefficient (Wildman–Crippen LogP) is 3.39. The molecule has 2 aromatic rings. The highest BCUT2D eigenvalue weighted by molar-refractivity contribution is 7.98. The van der Waals surface area contributed by atoms with Gasteiger partial charge in [-0.2, -0.15) is 0 Å². The van der Waals surface area contributed by atoms with Crippen molar-refractivity contribution < 1.29 is 9.32 Å². The lowest BCUT2D eigenvalue weighted by Gasteiger charge is -2.35. The number of aromatic nitrogens is 1. The lowest BCUT2D eigenvalue weighted by molar-refractivity contribution is 0.0624. The van der Waals surface area contributed by atoms with Gasteiger partial charge in [0.15, 0.2) is 0 Å². The van der Waals surface area contributed by atoms with Crippen molar-refractivity contribution in [3.63, 3.8) is 0 Å². The fourth-order valence-electron chi connectivity index (χ4n) is 3.05. The van der Waals surface area contributed by atoms with Crippen molar-refractivity contribution in [1.29, 1.82) is 0 Å². The molecule has 2 heterocycles. The number of piperazine rings is 1. The zero-order valence-corrected chi connectivity index (χ0v) is 16.5. The third-order valence-electron chi connectivity index (χ3n) is 4.56. The van der Waals surface area contributed by atoms with Crippen molar-refractivity contribution in [3.05, 3.63) is 46.8 Å². The van der Waals surface area contributed by atoms with E-state index in [1.807, 2.05) is 49.3 Å². The Kier molecular flexibility index (Phi) is 6.93. The number of rotatable bonds is 4. The first-order chi connectivity index (χ1) is 11.6. The van der Waals surface area contributed by atoms with Crippen molar-refractivity contribution in [1.82, 2.24) is 15.0 Å². The molecule has 1 aliphatic heterocycles. The Hall–Kier alpha value is -1.50. The number of carbonyl (C=O) groups is 1. The summed E-state index contributed by atoms with van der Waals surface area (Å²) >= 11 is 1.62. The second kappa shape index (κ2) is 8.74. The molecule has 1 fully saturated rings. The number of benzene rings is 1. The average molecular weight is 382 g/mol. The quantitative estimate of drug-likeness (QED) is 0.760. The van der Waals surface area contributed by atoms with E-state index in [4.69, 9.17) is 4.52 Å².